The molecule has 0 bridgehead atoms. The molecule has 1 aliphatic rings. The van der Waals surface area contributed by atoms with Crippen molar-refractivity contribution in [2.24, 2.45) is 0 Å². The molecule has 4 aromatic rings. The van der Waals surface area contributed by atoms with Gasteiger partial charge in [-0.25, -0.2) is 22.2 Å². The summed E-state index contributed by atoms with van der Waals surface area (Å²) >= 11 is 0. The fraction of sp³-hybridized carbons (Fsp3) is 0.429. The first-order valence-corrected chi connectivity index (χ1v) is 13.0. The van der Waals surface area contributed by atoms with Crippen LogP contribution in [-0.4, -0.2) is 69.0 Å². The summed E-state index contributed by atoms with van der Waals surface area (Å²) in [5.41, 5.74) is -0.0443. The van der Waals surface area contributed by atoms with Crippen LogP contribution in [0.25, 0.3) is 16.9 Å². The molecule has 4 heterocycles. The third-order valence-electron chi connectivity index (χ3n) is 5.73. The number of hydrogen-bond acceptors (Lipinski definition) is 11. The van der Waals surface area contributed by atoms with Gasteiger partial charge in [-0.15, -0.1) is 5.10 Å². The molecule has 0 atom stereocenters. The van der Waals surface area contributed by atoms with Gasteiger partial charge in [0.05, 0.1) is 6.20 Å². The second-order valence-corrected chi connectivity index (χ2v) is 10.7. The number of nitrogens with zero attached hydrogens (tertiary/aromatic N) is 8. The number of ether oxygens (including phenoxy) is 1. The van der Waals surface area contributed by atoms with Gasteiger partial charge in [-0.05, 0) is 6.07 Å². The molecule has 12 nitrogen and oxygen atoms in total. The Labute approximate surface area is 204 Å². The normalized spacial score (nSPS) is 15.2. The van der Waals surface area contributed by atoms with Gasteiger partial charge in [0.2, 0.25) is 0 Å². The van der Waals surface area contributed by atoms with E-state index in [0.717, 1.165) is 17.0 Å². The van der Waals surface area contributed by atoms with Crippen molar-refractivity contribution in [1.29, 1.82) is 0 Å². The van der Waals surface area contributed by atoms with Crippen molar-refractivity contribution in [3.05, 3.63) is 35.8 Å². The predicted octanol–water partition coefficient (Wildman–Crippen LogP) is 2.45. The van der Waals surface area contributed by atoms with Gasteiger partial charge in [-0.1, -0.05) is 24.2 Å². The van der Waals surface area contributed by atoms with Crippen molar-refractivity contribution in [2.75, 3.05) is 24.2 Å². The van der Waals surface area contributed by atoms with Crippen molar-refractivity contribution in [1.82, 2.24) is 35.1 Å². The molecule has 3 aromatic heterocycles. The number of fused-ring (bicyclic) bond motifs is 1. The van der Waals surface area contributed by atoms with Gasteiger partial charge in [-0.3, -0.25) is 0 Å². The molecule has 1 aromatic carbocycles. The predicted molar refractivity (Wildman–Crippen MR) is 122 cm³/mol. The summed E-state index contributed by atoms with van der Waals surface area (Å²) < 4.78 is 64.8. The van der Waals surface area contributed by atoms with Gasteiger partial charge >= 0.3 is 12.0 Å². The standard InChI is InChI=1S/C21H22F2N8O4S/c1-11(2)18-25-21(35-28-18)30-6-4-12(5-7-30)34-20-24-10-15-19(26-20)31(29-27-15)16-8-14(23)17(9-13(16)22)36(3,32)33/h8-12H,4-7H2,1-3H3. The molecule has 0 unspecified atom stereocenters. The maximum Gasteiger partial charge on any atom is 0.324 e. The monoisotopic (exact) mass is 520 g/mol. The van der Waals surface area contributed by atoms with E-state index >= 15 is 0 Å². The number of anilines is 1. The molecular weight excluding hydrogens is 498 g/mol. The largest absolute Gasteiger partial charge is 0.460 e. The average molecular weight is 521 g/mol. The first kappa shape index (κ1) is 24.0. The summed E-state index contributed by atoms with van der Waals surface area (Å²) in [5.74, 6) is -1.30. The summed E-state index contributed by atoms with van der Waals surface area (Å²) in [4.78, 5) is 14.1. The molecular formula is C21H22F2N8O4S. The van der Waals surface area contributed by atoms with Crippen molar-refractivity contribution in [2.45, 2.75) is 43.6 Å². The van der Waals surface area contributed by atoms with E-state index in [-0.39, 0.29) is 34.9 Å². The summed E-state index contributed by atoms with van der Waals surface area (Å²) in [7, 11) is -3.95. The smallest absolute Gasteiger partial charge is 0.324 e. The Bertz CT molecular complexity index is 1530. The van der Waals surface area contributed by atoms with Crippen molar-refractivity contribution >= 4 is 27.0 Å². The van der Waals surface area contributed by atoms with E-state index in [9.17, 15) is 17.2 Å². The Balaban J connectivity index is 1.34. The van der Waals surface area contributed by atoms with Gasteiger partial charge < -0.3 is 14.2 Å². The van der Waals surface area contributed by atoms with E-state index in [1.807, 2.05) is 18.7 Å². The van der Waals surface area contributed by atoms with E-state index in [1.165, 1.54) is 6.20 Å². The van der Waals surface area contributed by atoms with E-state index < -0.39 is 26.4 Å². The molecule has 36 heavy (non-hydrogen) atoms. The van der Waals surface area contributed by atoms with Crippen LogP contribution in [0.3, 0.4) is 0 Å². The summed E-state index contributed by atoms with van der Waals surface area (Å²) in [6, 6.07) is 1.84. The van der Waals surface area contributed by atoms with Gasteiger partial charge in [0.25, 0.3) is 0 Å². The molecule has 190 valence electrons. The molecule has 0 aliphatic carbocycles. The number of sulfone groups is 1. The molecule has 0 spiro atoms. The zero-order valence-electron chi connectivity index (χ0n) is 19.6. The summed E-state index contributed by atoms with van der Waals surface area (Å²) in [6.45, 7) is 5.23. The highest BCUT2D eigenvalue weighted by Crippen LogP contribution is 2.26. The van der Waals surface area contributed by atoms with Crippen molar-refractivity contribution < 1.29 is 26.5 Å². The Morgan fingerprint density at radius 3 is 2.56 bits per heavy atom. The second kappa shape index (κ2) is 9.04. The lowest BCUT2D eigenvalue weighted by Crippen LogP contribution is -2.38. The Morgan fingerprint density at radius 2 is 1.89 bits per heavy atom. The van der Waals surface area contributed by atoms with Crippen LogP contribution in [0, 0.1) is 11.6 Å². The van der Waals surface area contributed by atoms with Crippen LogP contribution in [0.1, 0.15) is 38.4 Å². The van der Waals surface area contributed by atoms with Crippen LogP contribution in [-0.2, 0) is 9.84 Å². The maximum absolute atomic E-state index is 14.7. The SMILES string of the molecule is CC(C)c1noc(N2CCC(Oc3ncc4nnn(-c5cc(F)c(S(C)(=O)=O)cc5F)c4n3)CC2)n1. The highest BCUT2D eigenvalue weighted by Gasteiger charge is 2.26. The molecule has 5 rings (SSSR count). The molecule has 1 fully saturated rings. The maximum atomic E-state index is 14.7. The lowest BCUT2D eigenvalue weighted by molar-refractivity contribution is 0.155. The minimum Gasteiger partial charge on any atom is -0.460 e. The van der Waals surface area contributed by atoms with E-state index in [2.05, 4.69) is 30.4 Å². The van der Waals surface area contributed by atoms with Crippen LogP contribution in [0.15, 0.2) is 27.7 Å². The van der Waals surface area contributed by atoms with Crippen LogP contribution in [0.4, 0.5) is 14.8 Å². The highest BCUT2D eigenvalue weighted by atomic mass is 32.2. The zero-order valence-corrected chi connectivity index (χ0v) is 20.4. The quantitative estimate of drug-likeness (QED) is 0.370. The number of rotatable bonds is 6. The van der Waals surface area contributed by atoms with Crippen LogP contribution in [0.5, 0.6) is 6.01 Å². The summed E-state index contributed by atoms with van der Waals surface area (Å²) in [6.07, 6.45) is 3.25. The van der Waals surface area contributed by atoms with Crippen LogP contribution >= 0.6 is 0 Å². The third-order valence-corrected chi connectivity index (χ3v) is 6.84. The zero-order chi connectivity index (χ0) is 25.6. The number of halogens is 2. The minimum absolute atomic E-state index is 0.0259. The van der Waals surface area contributed by atoms with Crippen LogP contribution in [0.2, 0.25) is 0 Å². The molecule has 0 saturated carbocycles. The highest BCUT2D eigenvalue weighted by molar-refractivity contribution is 7.90. The molecule has 0 amide bonds. The molecule has 1 saturated heterocycles. The van der Waals surface area contributed by atoms with Gasteiger partial charge in [0.1, 0.15) is 22.5 Å². The second-order valence-electron chi connectivity index (χ2n) is 8.76. The Kier molecular flexibility index (Phi) is 6.02. The number of piperidine rings is 1. The van der Waals surface area contributed by atoms with Crippen LogP contribution < -0.4 is 9.64 Å². The van der Waals surface area contributed by atoms with Crippen molar-refractivity contribution in [3.63, 3.8) is 0 Å². The average Bonchev–Trinajstić information content (AvgIpc) is 3.48. The lowest BCUT2D eigenvalue weighted by Gasteiger charge is -2.30. The topological polar surface area (TPSA) is 142 Å². The molecule has 0 N–H and O–H groups in total. The van der Waals surface area contributed by atoms with Crippen molar-refractivity contribution in [3.8, 4) is 11.7 Å². The fourth-order valence-electron chi connectivity index (χ4n) is 3.80. The number of aromatic nitrogens is 7. The van der Waals surface area contributed by atoms with Gasteiger partial charge in [-0.2, -0.15) is 14.6 Å². The summed E-state index contributed by atoms with van der Waals surface area (Å²) in [5, 5.41) is 11.7. The molecule has 15 heteroatoms. The Hall–Kier alpha value is -3.75. The molecule has 1 aliphatic heterocycles. The first-order chi connectivity index (χ1) is 17.1. The molecule has 0 radical (unpaired) electrons. The fourth-order valence-corrected chi connectivity index (χ4v) is 4.53. The lowest BCUT2D eigenvalue weighted by atomic mass is 10.1. The van der Waals surface area contributed by atoms with E-state index in [1.54, 1.807) is 0 Å². The third kappa shape index (κ3) is 4.57. The number of hydrogen-bond donors (Lipinski definition) is 0. The Morgan fingerprint density at radius 1 is 1.14 bits per heavy atom. The van der Waals surface area contributed by atoms with E-state index in [4.69, 9.17) is 9.26 Å². The van der Waals surface area contributed by atoms with Gasteiger partial charge in [0, 0.05) is 44.2 Å². The number of benzene rings is 1. The van der Waals surface area contributed by atoms with Gasteiger partial charge in [0.15, 0.2) is 32.6 Å². The van der Waals surface area contributed by atoms with E-state index in [0.29, 0.717) is 43.8 Å². The minimum atomic E-state index is -3.95. The first-order valence-electron chi connectivity index (χ1n) is 11.1.